The molecular weight excluding hydrogens is 170 g/mol. The molecule has 1 saturated heterocycles. The van der Waals surface area contributed by atoms with Crippen molar-refractivity contribution in [3.05, 3.63) is 0 Å². The first kappa shape index (κ1) is 10.5. The van der Waals surface area contributed by atoms with Crippen LogP contribution in [0.4, 0.5) is 0 Å². The van der Waals surface area contributed by atoms with Crippen molar-refractivity contribution in [3.63, 3.8) is 0 Å². The van der Waals surface area contributed by atoms with Gasteiger partial charge in [0.15, 0.2) is 0 Å². The Kier molecular flexibility index (Phi) is 4.18. The fourth-order valence-electron chi connectivity index (χ4n) is 1.66. The molecule has 0 spiro atoms. The first-order valence-electron chi connectivity index (χ1n) is 4.65. The Bertz CT molecular complexity index is 172. The SMILES string of the molecule is COCC(=O)N1CCC[C@@H](CO)C1. The number of aliphatic hydroxyl groups is 1. The van der Waals surface area contributed by atoms with Crippen LogP contribution in [0.3, 0.4) is 0 Å². The van der Waals surface area contributed by atoms with E-state index in [2.05, 4.69) is 0 Å². The highest BCUT2D eigenvalue weighted by atomic mass is 16.5. The van der Waals surface area contributed by atoms with Crippen LogP contribution in [-0.2, 0) is 9.53 Å². The highest BCUT2D eigenvalue weighted by Crippen LogP contribution is 2.15. The minimum Gasteiger partial charge on any atom is -0.396 e. The van der Waals surface area contributed by atoms with Crippen LogP contribution >= 0.6 is 0 Å². The minimum absolute atomic E-state index is 0.0284. The standard InChI is InChI=1S/C9H17NO3/c1-13-7-9(12)10-4-2-3-8(5-10)6-11/h8,11H,2-7H2,1H3/t8-/m1/s1. The van der Waals surface area contributed by atoms with Crippen molar-refractivity contribution in [1.29, 1.82) is 0 Å². The molecule has 4 heteroatoms. The van der Waals surface area contributed by atoms with Gasteiger partial charge in [-0.1, -0.05) is 0 Å². The van der Waals surface area contributed by atoms with Gasteiger partial charge < -0.3 is 14.7 Å². The predicted octanol–water partition coefficient (Wildman–Crippen LogP) is -0.136. The van der Waals surface area contributed by atoms with Crippen molar-refractivity contribution >= 4 is 5.91 Å². The van der Waals surface area contributed by atoms with Crippen molar-refractivity contribution < 1.29 is 14.6 Å². The van der Waals surface area contributed by atoms with Crippen LogP contribution in [0.25, 0.3) is 0 Å². The van der Waals surface area contributed by atoms with E-state index < -0.39 is 0 Å². The Hall–Kier alpha value is -0.610. The highest BCUT2D eigenvalue weighted by molar-refractivity contribution is 5.77. The molecule has 1 amide bonds. The van der Waals surface area contributed by atoms with Gasteiger partial charge in [-0.3, -0.25) is 4.79 Å². The van der Waals surface area contributed by atoms with E-state index in [9.17, 15) is 4.79 Å². The number of carbonyl (C=O) groups excluding carboxylic acids is 1. The summed E-state index contributed by atoms with van der Waals surface area (Å²) in [6.45, 7) is 1.81. The van der Waals surface area contributed by atoms with Gasteiger partial charge in [0.1, 0.15) is 6.61 Å². The molecular formula is C9H17NO3. The molecule has 1 rings (SSSR count). The van der Waals surface area contributed by atoms with Gasteiger partial charge in [0.05, 0.1) is 0 Å². The molecule has 1 atom stereocenters. The van der Waals surface area contributed by atoms with Crippen LogP contribution in [0.1, 0.15) is 12.8 Å². The first-order chi connectivity index (χ1) is 6.27. The zero-order valence-electron chi connectivity index (χ0n) is 8.03. The molecule has 1 heterocycles. The minimum atomic E-state index is 0.0284. The number of amides is 1. The monoisotopic (exact) mass is 187 g/mol. The number of rotatable bonds is 3. The Balaban J connectivity index is 2.37. The molecule has 0 unspecified atom stereocenters. The molecule has 0 bridgehead atoms. The third-order valence-electron chi connectivity index (χ3n) is 2.40. The second kappa shape index (κ2) is 5.19. The summed E-state index contributed by atoms with van der Waals surface area (Å²) in [5.74, 6) is 0.287. The van der Waals surface area contributed by atoms with Crippen LogP contribution in [0.5, 0.6) is 0 Å². The van der Waals surface area contributed by atoms with Crippen LogP contribution in [0, 0.1) is 5.92 Å². The Labute approximate surface area is 78.5 Å². The fourth-order valence-corrected chi connectivity index (χ4v) is 1.66. The summed E-state index contributed by atoms with van der Waals surface area (Å²) in [6.07, 6.45) is 2.01. The number of hydrogen-bond donors (Lipinski definition) is 1. The lowest BCUT2D eigenvalue weighted by Crippen LogP contribution is -2.42. The molecule has 0 radical (unpaired) electrons. The predicted molar refractivity (Wildman–Crippen MR) is 48.3 cm³/mol. The number of nitrogens with zero attached hydrogens (tertiary/aromatic N) is 1. The average molecular weight is 187 g/mol. The maximum atomic E-state index is 11.4. The third kappa shape index (κ3) is 2.97. The van der Waals surface area contributed by atoms with E-state index in [0.717, 1.165) is 19.4 Å². The molecule has 0 aromatic carbocycles. The quantitative estimate of drug-likeness (QED) is 0.669. The van der Waals surface area contributed by atoms with Crippen molar-refractivity contribution in [3.8, 4) is 0 Å². The summed E-state index contributed by atoms with van der Waals surface area (Å²) in [4.78, 5) is 13.2. The first-order valence-corrected chi connectivity index (χ1v) is 4.65. The van der Waals surface area contributed by atoms with Crippen molar-refractivity contribution in [2.24, 2.45) is 5.92 Å². The molecule has 0 aliphatic carbocycles. The van der Waals surface area contributed by atoms with Crippen molar-refractivity contribution in [2.45, 2.75) is 12.8 Å². The second-order valence-corrected chi connectivity index (χ2v) is 3.46. The lowest BCUT2D eigenvalue weighted by molar-refractivity contribution is -0.137. The van der Waals surface area contributed by atoms with Crippen LogP contribution in [0.2, 0.25) is 0 Å². The number of aliphatic hydroxyl groups excluding tert-OH is 1. The number of ether oxygens (including phenoxy) is 1. The molecule has 1 N–H and O–H groups in total. The van der Waals surface area contributed by atoms with E-state index in [1.165, 1.54) is 7.11 Å². The number of methoxy groups -OCH3 is 1. The maximum absolute atomic E-state index is 11.4. The van der Waals surface area contributed by atoms with Gasteiger partial charge in [0.25, 0.3) is 0 Å². The summed E-state index contributed by atoms with van der Waals surface area (Å²) in [6, 6.07) is 0. The van der Waals surface area contributed by atoms with E-state index in [4.69, 9.17) is 9.84 Å². The van der Waals surface area contributed by atoms with E-state index >= 15 is 0 Å². The average Bonchev–Trinajstić information content (AvgIpc) is 2.18. The maximum Gasteiger partial charge on any atom is 0.248 e. The molecule has 76 valence electrons. The molecule has 13 heavy (non-hydrogen) atoms. The fraction of sp³-hybridized carbons (Fsp3) is 0.889. The van der Waals surface area contributed by atoms with E-state index in [1.807, 2.05) is 0 Å². The lowest BCUT2D eigenvalue weighted by Gasteiger charge is -2.31. The topological polar surface area (TPSA) is 49.8 Å². The van der Waals surface area contributed by atoms with Crippen LogP contribution < -0.4 is 0 Å². The summed E-state index contributed by atoms with van der Waals surface area (Å²) >= 11 is 0. The number of hydrogen-bond acceptors (Lipinski definition) is 3. The normalized spacial score (nSPS) is 23.2. The van der Waals surface area contributed by atoms with Gasteiger partial charge in [0.2, 0.25) is 5.91 Å². The molecule has 0 aromatic rings. The van der Waals surface area contributed by atoms with Gasteiger partial charge >= 0.3 is 0 Å². The molecule has 4 nitrogen and oxygen atoms in total. The van der Waals surface area contributed by atoms with Crippen LogP contribution in [-0.4, -0.2) is 49.3 Å². The largest absolute Gasteiger partial charge is 0.396 e. The smallest absolute Gasteiger partial charge is 0.248 e. The van der Waals surface area contributed by atoms with Gasteiger partial charge in [0, 0.05) is 26.8 Å². The van der Waals surface area contributed by atoms with Gasteiger partial charge in [-0.25, -0.2) is 0 Å². The summed E-state index contributed by atoms with van der Waals surface area (Å²) in [5, 5.41) is 8.95. The Morgan fingerprint density at radius 1 is 1.69 bits per heavy atom. The zero-order valence-corrected chi connectivity index (χ0v) is 8.03. The van der Waals surface area contributed by atoms with E-state index in [0.29, 0.717) is 6.54 Å². The summed E-state index contributed by atoms with van der Waals surface area (Å²) < 4.78 is 4.77. The van der Waals surface area contributed by atoms with Crippen molar-refractivity contribution in [1.82, 2.24) is 4.90 Å². The summed E-state index contributed by atoms with van der Waals surface area (Å²) in [7, 11) is 1.52. The van der Waals surface area contributed by atoms with Gasteiger partial charge in [-0.05, 0) is 18.8 Å². The van der Waals surface area contributed by atoms with Crippen LogP contribution in [0.15, 0.2) is 0 Å². The molecule has 1 aliphatic rings. The Morgan fingerprint density at radius 2 is 2.46 bits per heavy atom. The lowest BCUT2D eigenvalue weighted by atomic mass is 9.99. The highest BCUT2D eigenvalue weighted by Gasteiger charge is 2.22. The van der Waals surface area contributed by atoms with Crippen molar-refractivity contribution in [2.75, 3.05) is 33.4 Å². The molecule has 0 aromatic heterocycles. The zero-order chi connectivity index (χ0) is 9.68. The number of carbonyl (C=O) groups is 1. The van der Waals surface area contributed by atoms with E-state index in [1.54, 1.807) is 4.90 Å². The van der Waals surface area contributed by atoms with Gasteiger partial charge in [-0.2, -0.15) is 0 Å². The number of piperidine rings is 1. The van der Waals surface area contributed by atoms with E-state index in [-0.39, 0.29) is 25.0 Å². The van der Waals surface area contributed by atoms with Gasteiger partial charge in [-0.15, -0.1) is 0 Å². The second-order valence-electron chi connectivity index (χ2n) is 3.46. The molecule has 1 aliphatic heterocycles. The molecule has 0 saturated carbocycles. The Morgan fingerprint density at radius 3 is 3.08 bits per heavy atom. The summed E-state index contributed by atoms with van der Waals surface area (Å²) in [5.41, 5.74) is 0. The molecule has 1 fully saturated rings. The number of likely N-dealkylation sites (tertiary alicyclic amines) is 1. The third-order valence-corrected chi connectivity index (χ3v) is 2.40.